The fraction of sp³-hybridized carbons (Fsp3) is 0.812. The fourth-order valence-corrected chi connectivity index (χ4v) is 4.02. The molecular formula is C16H28N2S. The average Bonchev–Trinajstić information content (AvgIpc) is 2.77. The zero-order valence-corrected chi connectivity index (χ0v) is 13.8. The van der Waals surface area contributed by atoms with Crippen molar-refractivity contribution in [2.75, 3.05) is 6.54 Å². The highest BCUT2D eigenvalue weighted by Crippen LogP contribution is 2.49. The molecule has 1 aliphatic rings. The number of nitrogens with one attached hydrogen (secondary N) is 1. The van der Waals surface area contributed by atoms with Gasteiger partial charge in [0.05, 0.1) is 11.2 Å². The Bertz CT molecular complexity index is 403. The molecule has 0 spiro atoms. The second-order valence-electron chi connectivity index (χ2n) is 6.65. The summed E-state index contributed by atoms with van der Waals surface area (Å²) in [6.45, 7) is 12.5. The van der Waals surface area contributed by atoms with Gasteiger partial charge in [0, 0.05) is 5.38 Å². The van der Waals surface area contributed by atoms with Gasteiger partial charge in [-0.05, 0) is 43.6 Å². The lowest BCUT2D eigenvalue weighted by molar-refractivity contribution is 0.0677. The van der Waals surface area contributed by atoms with Crippen molar-refractivity contribution in [3.05, 3.63) is 16.1 Å². The van der Waals surface area contributed by atoms with E-state index in [1.165, 1.54) is 30.0 Å². The van der Waals surface area contributed by atoms with Gasteiger partial charge in [0.1, 0.15) is 5.01 Å². The number of hydrogen-bond donors (Lipinski definition) is 1. The quantitative estimate of drug-likeness (QED) is 0.828. The minimum absolute atomic E-state index is 0.183. The van der Waals surface area contributed by atoms with Crippen LogP contribution in [0.25, 0.3) is 0 Å². The first kappa shape index (κ1) is 15.0. The first-order chi connectivity index (χ1) is 8.98. The maximum absolute atomic E-state index is 4.91. The van der Waals surface area contributed by atoms with Gasteiger partial charge in [0.2, 0.25) is 0 Å². The van der Waals surface area contributed by atoms with E-state index >= 15 is 0 Å². The molecule has 1 aromatic rings. The van der Waals surface area contributed by atoms with Crippen LogP contribution in [0.1, 0.15) is 70.5 Å². The number of hydrogen-bond acceptors (Lipinski definition) is 3. The van der Waals surface area contributed by atoms with Gasteiger partial charge in [0.25, 0.3) is 0 Å². The molecule has 1 N–H and O–H groups in total. The Morgan fingerprint density at radius 2 is 2.05 bits per heavy atom. The van der Waals surface area contributed by atoms with Crippen molar-refractivity contribution in [1.29, 1.82) is 0 Å². The highest BCUT2D eigenvalue weighted by atomic mass is 32.1. The Morgan fingerprint density at radius 3 is 2.53 bits per heavy atom. The van der Waals surface area contributed by atoms with Crippen LogP contribution in [0, 0.1) is 11.8 Å². The predicted molar refractivity (Wildman–Crippen MR) is 83.7 cm³/mol. The molecule has 3 heteroatoms. The molecule has 1 saturated carbocycles. The van der Waals surface area contributed by atoms with Crippen LogP contribution >= 0.6 is 11.3 Å². The molecule has 0 unspecified atom stereocenters. The van der Waals surface area contributed by atoms with E-state index < -0.39 is 0 Å². The lowest BCUT2D eigenvalue weighted by Crippen LogP contribution is -2.54. The van der Waals surface area contributed by atoms with E-state index in [1.807, 2.05) is 11.3 Å². The topological polar surface area (TPSA) is 24.9 Å². The van der Waals surface area contributed by atoms with Crippen molar-refractivity contribution >= 4 is 11.3 Å². The second-order valence-corrected chi connectivity index (χ2v) is 7.51. The Morgan fingerprint density at radius 1 is 1.37 bits per heavy atom. The Hall–Kier alpha value is -0.410. The van der Waals surface area contributed by atoms with E-state index in [0.717, 1.165) is 18.4 Å². The summed E-state index contributed by atoms with van der Waals surface area (Å²) in [6, 6.07) is 0. The maximum atomic E-state index is 4.91. The van der Waals surface area contributed by atoms with Crippen molar-refractivity contribution in [1.82, 2.24) is 10.3 Å². The number of aromatic nitrogens is 1. The largest absolute Gasteiger partial charge is 0.305 e. The molecule has 2 nitrogen and oxygen atoms in total. The zero-order valence-electron chi connectivity index (χ0n) is 13.0. The van der Waals surface area contributed by atoms with Gasteiger partial charge in [-0.15, -0.1) is 11.3 Å². The van der Waals surface area contributed by atoms with Crippen molar-refractivity contribution in [2.45, 2.75) is 65.3 Å². The Balaban J connectivity index is 2.14. The van der Waals surface area contributed by atoms with E-state index in [0.29, 0.717) is 5.92 Å². The van der Waals surface area contributed by atoms with Gasteiger partial charge in [-0.1, -0.05) is 34.6 Å². The van der Waals surface area contributed by atoms with Gasteiger partial charge in [0.15, 0.2) is 0 Å². The van der Waals surface area contributed by atoms with E-state index in [-0.39, 0.29) is 5.54 Å². The average molecular weight is 280 g/mol. The lowest BCUT2D eigenvalue weighted by atomic mass is 9.64. The highest BCUT2D eigenvalue weighted by molar-refractivity contribution is 7.09. The van der Waals surface area contributed by atoms with Crippen molar-refractivity contribution in [3.63, 3.8) is 0 Å². The monoisotopic (exact) mass is 280 g/mol. The van der Waals surface area contributed by atoms with E-state index in [4.69, 9.17) is 4.98 Å². The molecule has 0 radical (unpaired) electrons. The lowest BCUT2D eigenvalue weighted by Gasteiger charge is -2.49. The molecule has 1 aliphatic carbocycles. The summed E-state index contributed by atoms with van der Waals surface area (Å²) < 4.78 is 0. The molecule has 0 amide bonds. The van der Waals surface area contributed by atoms with Crippen LogP contribution in [0.2, 0.25) is 0 Å². The highest BCUT2D eigenvalue weighted by Gasteiger charge is 2.47. The maximum Gasteiger partial charge on any atom is 0.113 e. The summed E-state index contributed by atoms with van der Waals surface area (Å²) in [5.74, 6) is 2.19. The molecule has 0 aromatic carbocycles. The second kappa shape index (κ2) is 5.92. The van der Waals surface area contributed by atoms with E-state index in [1.54, 1.807) is 0 Å². The number of nitrogens with zero attached hydrogens (tertiary/aromatic N) is 1. The third-order valence-corrected chi connectivity index (χ3v) is 5.46. The minimum atomic E-state index is 0.183. The summed E-state index contributed by atoms with van der Waals surface area (Å²) in [6.07, 6.45) is 3.71. The number of rotatable bonds is 6. The van der Waals surface area contributed by atoms with Crippen LogP contribution in [0.3, 0.4) is 0 Å². The summed E-state index contributed by atoms with van der Waals surface area (Å²) in [5, 5.41) is 7.35. The molecular weight excluding hydrogens is 252 g/mol. The molecule has 19 heavy (non-hydrogen) atoms. The van der Waals surface area contributed by atoms with Gasteiger partial charge in [-0.2, -0.15) is 0 Å². The van der Waals surface area contributed by atoms with Crippen LogP contribution in [0.15, 0.2) is 5.38 Å². The summed E-state index contributed by atoms with van der Waals surface area (Å²) >= 11 is 1.85. The normalized spacial score (nSPS) is 27.0. The Kier molecular flexibility index (Phi) is 4.67. The first-order valence-corrected chi connectivity index (χ1v) is 8.57. The molecule has 0 bridgehead atoms. The molecule has 1 heterocycles. The number of thiazole rings is 1. The predicted octanol–water partition coefficient (Wildman–Crippen LogP) is 4.53. The van der Waals surface area contributed by atoms with Crippen LogP contribution in [-0.2, 0) is 5.54 Å². The molecule has 108 valence electrons. The molecule has 1 fully saturated rings. The van der Waals surface area contributed by atoms with Crippen LogP contribution < -0.4 is 5.32 Å². The van der Waals surface area contributed by atoms with Crippen LogP contribution in [0.5, 0.6) is 0 Å². The van der Waals surface area contributed by atoms with E-state index in [2.05, 4.69) is 45.3 Å². The third-order valence-electron chi connectivity index (χ3n) is 4.40. The fourth-order valence-electron chi connectivity index (χ4n) is 2.84. The van der Waals surface area contributed by atoms with Crippen LogP contribution in [-0.4, -0.2) is 11.5 Å². The summed E-state index contributed by atoms with van der Waals surface area (Å²) in [7, 11) is 0. The van der Waals surface area contributed by atoms with Crippen LogP contribution in [0.4, 0.5) is 0 Å². The van der Waals surface area contributed by atoms with Gasteiger partial charge in [-0.25, -0.2) is 4.98 Å². The molecule has 0 aliphatic heterocycles. The first-order valence-electron chi connectivity index (χ1n) is 7.69. The van der Waals surface area contributed by atoms with Crippen molar-refractivity contribution < 1.29 is 0 Å². The third kappa shape index (κ3) is 3.03. The summed E-state index contributed by atoms with van der Waals surface area (Å²) in [5.41, 5.74) is 1.44. The van der Waals surface area contributed by atoms with Gasteiger partial charge >= 0.3 is 0 Å². The van der Waals surface area contributed by atoms with E-state index in [9.17, 15) is 0 Å². The molecule has 2 rings (SSSR count). The SMILES string of the molecule is CCCNC1(c2nc(C(C)C)cs2)CC(C(C)C)C1. The molecule has 1 aromatic heterocycles. The van der Waals surface area contributed by atoms with Crippen molar-refractivity contribution in [2.24, 2.45) is 11.8 Å². The van der Waals surface area contributed by atoms with Gasteiger partial charge < -0.3 is 5.32 Å². The molecule has 0 saturated heterocycles. The summed E-state index contributed by atoms with van der Waals surface area (Å²) in [4.78, 5) is 4.91. The standard InChI is InChI=1S/C16H28N2S/c1-6-7-17-16(8-13(9-16)11(2)3)15-18-14(10-19-15)12(4)5/h10-13,17H,6-9H2,1-5H3. The van der Waals surface area contributed by atoms with Crippen molar-refractivity contribution in [3.8, 4) is 0 Å². The van der Waals surface area contributed by atoms with Gasteiger partial charge in [-0.3, -0.25) is 0 Å². The smallest absolute Gasteiger partial charge is 0.113 e. The molecule has 0 atom stereocenters. The Labute approximate surface area is 122 Å². The zero-order chi connectivity index (χ0) is 14.0. The minimum Gasteiger partial charge on any atom is -0.305 e.